The topological polar surface area (TPSA) is 34.1 Å². The second-order valence-corrected chi connectivity index (χ2v) is 10.3. The number of hydrogen-bond acceptors (Lipinski definition) is 2. The van der Waals surface area contributed by atoms with E-state index < -0.39 is 10.0 Å². The second-order valence-electron chi connectivity index (χ2n) is 7.77. The van der Waals surface area contributed by atoms with Crippen LogP contribution in [0.25, 0.3) is 0 Å². The van der Waals surface area contributed by atoms with Gasteiger partial charge in [0.2, 0.25) is 0 Å². The Hall–Kier alpha value is -0.0900. The molecule has 0 aliphatic heterocycles. The molecule has 0 N–H and O–H groups in total. The standard InChI is InChI=1S/C20H44NO2S/c1-5-7-8-9-10-11-12-13-14-15-16-17-18-19-20-24(22,23)21(3,4)6-2/h5-20H2,1-4H3/q+1. The highest BCUT2D eigenvalue weighted by Gasteiger charge is 2.29. The highest BCUT2D eigenvalue weighted by atomic mass is 32.2. The zero-order chi connectivity index (χ0) is 18.3. The summed E-state index contributed by atoms with van der Waals surface area (Å²) in [6.07, 6.45) is 18.2. The molecule has 146 valence electrons. The van der Waals surface area contributed by atoms with Gasteiger partial charge in [-0.05, 0) is 13.3 Å². The van der Waals surface area contributed by atoms with Crippen molar-refractivity contribution >= 4 is 10.0 Å². The molecule has 0 aliphatic rings. The van der Waals surface area contributed by atoms with Gasteiger partial charge in [0, 0.05) is 0 Å². The molecule has 0 heterocycles. The first-order valence-corrected chi connectivity index (χ1v) is 12.0. The van der Waals surface area contributed by atoms with Crippen LogP contribution in [-0.2, 0) is 10.0 Å². The molecule has 0 aliphatic carbocycles. The Bertz CT molecular complexity index is 377. The molecule has 0 aromatic heterocycles. The first kappa shape index (κ1) is 23.9. The molecule has 0 rings (SSSR count). The monoisotopic (exact) mass is 362 g/mol. The molecular formula is C20H44NO2S+. The molecule has 0 aromatic rings. The SMILES string of the molecule is CCCCCCCCCCCCCCCCS(=O)(=O)[N+](C)(C)CC. The minimum atomic E-state index is -2.99. The maximum atomic E-state index is 12.2. The van der Waals surface area contributed by atoms with Gasteiger partial charge in [-0.3, -0.25) is 0 Å². The average Bonchev–Trinajstić information content (AvgIpc) is 2.55. The van der Waals surface area contributed by atoms with Crippen LogP contribution in [0, 0.1) is 0 Å². The summed E-state index contributed by atoms with van der Waals surface area (Å²) in [5.74, 6) is 0.339. The van der Waals surface area contributed by atoms with E-state index in [1.807, 2.05) is 6.92 Å². The molecular weight excluding hydrogens is 318 g/mol. The minimum Gasteiger partial charge on any atom is -0.224 e. The van der Waals surface area contributed by atoms with Crippen molar-refractivity contribution in [2.24, 2.45) is 0 Å². The van der Waals surface area contributed by atoms with Crippen molar-refractivity contribution in [1.82, 2.24) is 0 Å². The largest absolute Gasteiger partial charge is 0.296 e. The number of rotatable bonds is 17. The van der Waals surface area contributed by atoms with Crippen molar-refractivity contribution in [3.8, 4) is 0 Å². The van der Waals surface area contributed by atoms with Crippen LogP contribution in [0.3, 0.4) is 0 Å². The molecule has 0 atom stereocenters. The molecule has 0 aromatic carbocycles. The lowest BCUT2D eigenvalue weighted by Gasteiger charge is -2.26. The van der Waals surface area contributed by atoms with Crippen molar-refractivity contribution < 1.29 is 12.3 Å². The third-order valence-electron chi connectivity index (χ3n) is 5.27. The van der Waals surface area contributed by atoms with E-state index in [0.717, 1.165) is 12.8 Å². The van der Waals surface area contributed by atoms with E-state index >= 15 is 0 Å². The summed E-state index contributed by atoms with van der Waals surface area (Å²) in [4.78, 5) is 0. The molecule has 0 bridgehead atoms. The molecule has 3 nitrogen and oxygen atoms in total. The predicted molar refractivity (Wildman–Crippen MR) is 107 cm³/mol. The molecule has 0 spiro atoms. The zero-order valence-electron chi connectivity index (χ0n) is 17.0. The summed E-state index contributed by atoms with van der Waals surface area (Å²) >= 11 is 0. The van der Waals surface area contributed by atoms with Crippen LogP contribution in [0.15, 0.2) is 0 Å². The molecule has 0 saturated heterocycles. The number of sulfonamides is 1. The third-order valence-corrected chi connectivity index (χ3v) is 7.84. The van der Waals surface area contributed by atoms with Crippen molar-refractivity contribution in [3.63, 3.8) is 0 Å². The van der Waals surface area contributed by atoms with Gasteiger partial charge in [-0.15, -0.1) is 0 Å². The van der Waals surface area contributed by atoms with Crippen molar-refractivity contribution in [2.75, 3.05) is 26.4 Å². The van der Waals surface area contributed by atoms with E-state index in [0.29, 0.717) is 12.3 Å². The van der Waals surface area contributed by atoms with Crippen LogP contribution in [-0.4, -0.2) is 38.7 Å². The van der Waals surface area contributed by atoms with Crippen LogP contribution >= 0.6 is 0 Å². The lowest BCUT2D eigenvalue weighted by molar-refractivity contribution is -0.760. The Balaban J connectivity index is 3.37. The van der Waals surface area contributed by atoms with Crippen molar-refractivity contribution in [3.05, 3.63) is 0 Å². The smallest absolute Gasteiger partial charge is 0.224 e. The Labute approximate surface area is 152 Å². The Morgan fingerprint density at radius 3 is 1.25 bits per heavy atom. The molecule has 0 saturated carbocycles. The fourth-order valence-electron chi connectivity index (χ4n) is 2.92. The van der Waals surface area contributed by atoms with Gasteiger partial charge in [0.15, 0.2) is 0 Å². The first-order chi connectivity index (χ1) is 11.4. The van der Waals surface area contributed by atoms with Gasteiger partial charge in [-0.25, -0.2) is 3.89 Å². The normalized spacial score (nSPS) is 12.7. The van der Waals surface area contributed by atoms with Crippen molar-refractivity contribution in [1.29, 1.82) is 0 Å². The van der Waals surface area contributed by atoms with Gasteiger partial charge in [-0.2, -0.15) is 8.42 Å². The van der Waals surface area contributed by atoms with E-state index in [9.17, 15) is 8.42 Å². The van der Waals surface area contributed by atoms with E-state index in [1.54, 1.807) is 14.1 Å². The molecule has 0 radical (unpaired) electrons. The first-order valence-electron chi connectivity index (χ1n) is 10.4. The van der Waals surface area contributed by atoms with E-state index in [-0.39, 0.29) is 3.89 Å². The summed E-state index contributed by atoms with van der Waals surface area (Å²) in [5.41, 5.74) is 0. The van der Waals surface area contributed by atoms with Gasteiger partial charge in [0.1, 0.15) is 5.75 Å². The fraction of sp³-hybridized carbons (Fsp3) is 1.00. The van der Waals surface area contributed by atoms with Gasteiger partial charge < -0.3 is 0 Å². The van der Waals surface area contributed by atoms with Gasteiger partial charge in [0.05, 0.1) is 20.6 Å². The van der Waals surface area contributed by atoms with Crippen LogP contribution < -0.4 is 0 Å². The summed E-state index contributed by atoms with van der Waals surface area (Å²) in [6, 6.07) is 0. The van der Waals surface area contributed by atoms with Crippen LogP contribution in [0.4, 0.5) is 0 Å². The van der Waals surface area contributed by atoms with Crippen molar-refractivity contribution in [2.45, 2.75) is 104 Å². The number of nitrogens with zero attached hydrogens (tertiary/aromatic N) is 1. The van der Waals surface area contributed by atoms with E-state index in [1.165, 1.54) is 77.0 Å². The summed E-state index contributed by atoms with van der Waals surface area (Å²) in [7, 11) is 0.593. The van der Waals surface area contributed by atoms with Crippen LogP contribution in [0.5, 0.6) is 0 Å². The minimum absolute atomic E-state index is 0.117. The highest BCUT2D eigenvalue weighted by molar-refractivity contribution is 7.85. The Morgan fingerprint density at radius 2 is 0.917 bits per heavy atom. The Kier molecular flexibility index (Phi) is 14.1. The molecule has 4 heteroatoms. The lowest BCUT2D eigenvalue weighted by atomic mass is 10.0. The number of quaternary nitrogens is 1. The Morgan fingerprint density at radius 1 is 0.583 bits per heavy atom. The number of hydrogen-bond donors (Lipinski definition) is 0. The quantitative estimate of drug-likeness (QED) is 0.239. The fourth-order valence-corrected chi connectivity index (χ4v) is 4.38. The van der Waals surface area contributed by atoms with Crippen LogP contribution in [0.1, 0.15) is 104 Å². The summed E-state index contributed by atoms with van der Waals surface area (Å²) in [5, 5.41) is 0. The maximum absolute atomic E-state index is 12.2. The van der Waals surface area contributed by atoms with Gasteiger partial charge in [0.25, 0.3) is 10.0 Å². The third kappa shape index (κ3) is 11.5. The lowest BCUT2D eigenvalue weighted by Crippen LogP contribution is -2.46. The van der Waals surface area contributed by atoms with Crippen LogP contribution in [0.2, 0.25) is 0 Å². The summed E-state index contributed by atoms with van der Waals surface area (Å²) in [6.45, 7) is 4.84. The number of unbranched alkanes of at least 4 members (excludes halogenated alkanes) is 13. The van der Waals surface area contributed by atoms with E-state index in [2.05, 4.69) is 6.92 Å². The molecule has 0 fully saturated rings. The average molecular weight is 363 g/mol. The predicted octanol–water partition coefficient (Wildman–Crippen LogP) is 5.89. The maximum Gasteiger partial charge on any atom is 0.296 e. The summed E-state index contributed by atoms with van der Waals surface area (Å²) < 4.78 is 24.5. The van der Waals surface area contributed by atoms with E-state index in [4.69, 9.17) is 0 Å². The van der Waals surface area contributed by atoms with Gasteiger partial charge in [-0.1, -0.05) is 90.4 Å². The molecule has 24 heavy (non-hydrogen) atoms. The molecule has 0 amide bonds. The zero-order valence-corrected chi connectivity index (χ0v) is 17.8. The highest BCUT2D eigenvalue weighted by Crippen LogP contribution is 2.15. The molecule has 0 unspecified atom stereocenters. The van der Waals surface area contributed by atoms with Gasteiger partial charge >= 0.3 is 0 Å². The second kappa shape index (κ2) is 14.1.